The topological polar surface area (TPSA) is 125 Å². The van der Waals surface area contributed by atoms with Gasteiger partial charge < -0.3 is 20.5 Å². The molecule has 2 aliphatic heterocycles. The largest absolute Gasteiger partial charge is 0.445 e. The summed E-state index contributed by atoms with van der Waals surface area (Å²) < 4.78 is 31.0. The number of carbonyl (C=O) groups is 2. The summed E-state index contributed by atoms with van der Waals surface area (Å²) in [7, 11) is -3.30. The Balaban J connectivity index is 1.49. The van der Waals surface area contributed by atoms with E-state index in [0.29, 0.717) is 24.7 Å². The number of amides is 2. The Morgan fingerprint density at radius 1 is 1.09 bits per heavy atom. The van der Waals surface area contributed by atoms with Gasteiger partial charge in [-0.1, -0.05) is 69.4 Å². The van der Waals surface area contributed by atoms with Crippen molar-refractivity contribution in [1.82, 2.24) is 15.5 Å². The minimum atomic E-state index is -3.30. The van der Waals surface area contributed by atoms with E-state index in [9.17, 15) is 23.1 Å². The lowest BCUT2D eigenvalue weighted by molar-refractivity contribution is -0.132. The Morgan fingerprint density at radius 3 is 2.47 bits per heavy atom. The zero-order chi connectivity index (χ0) is 31.2. The van der Waals surface area contributed by atoms with Crippen LogP contribution in [0.1, 0.15) is 91.0 Å². The van der Waals surface area contributed by atoms with Crippen molar-refractivity contribution in [2.75, 3.05) is 18.8 Å². The van der Waals surface area contributed by atoms with E-state index in [0.717, 1.165) is 44.2 Å². The molecule has 43 heavy (non-hydrogen) atoms. The molecule has 3 aliphatic rings. The monoisotopic (exact) mass is 619 g/mol. The maximum atomic E-state index is 13.5. The lowest BCUT2D eigenvalue weighted by Crippen LogP contribution is -2.60. The average Bonchev–Trinajstić information content (AvgIpc) is 3.22. The number of sulfone groups is 1. The van der Waals surface area contributed by atoms with E-state index in [4.69, 9.17) is 4.74 Å². The van der Waals surface area contributed by atoms with Crippen LogP contribution in [0.5, 0.6) is 0 Å². The number of carbonyl (C=O) groups excluding carboxylic acids is 2. The fourth-order valence-electron chi connectivity index (χ4n) is 7.22. The summed E-state index contributed by atoms with van der Waals surface area (Å²) in [5, 5.41) is 17.0. The van der Waals surface area contributed by atoms with E-state index in [1.807, 2.05) is 58.0 Å². The highest BCUT2D eigenvalue weighted by atomic mass is 32.2. The molecule has 1 aromatic rings. The minimum absolute atomic E-state index is 0.0173. The van der Waals surface area contributed by atoms with Gasteiger partial charge in [0.2, 0.25) is 5.91 Å². The van der Waals surface area contributed by atoms with Crippen LogP contribution >= 0.6 is 0 Å². The van der Waals surface area contributed by atoms with Gasteiger partial charge in [0.1, 0.15) is 6.10 Å². The fraction of sp³-hybridized carbons (Fsp3) is 0.758. The van der Waals surface area contributed by atoms with E-state index in [2.05, 4.69) is 15.5 Å². The summed E-state index contributed by atoms with van der Waals surface area (Å²) in [6.07, 6.45) is 5.81. The van der Waals surface area contributed by atoms with E-state index in [1.54, 1.807) is 0 Å². The van der Waals surface area contributed by atoms with E-state index in [1.165, 1.54) is 12.8 Å². The van der Waals surface area contributed by atoms with Crippen molar-refractivity contribution < 1.29 is 27.9 Å². The number of nitrogens with zero attached hydrogens (tertiary/aromatic N) is 1. The molecule has 3 N–H and O–H groups in total. The molecular weight excluding hydrogens is 566 g/mol. The van der Waals surface area contributed by atoms with Gasteiger partial charge in [0.05, 0.1) is 29.2 Å². The van der Waals surface area contributed by atoms with Gasteiger partial charge in [-0.3, -0.25) is 9.69 Å². The first-order valence-corrected chi connectivity index (χ1v) is 18.0. The third-order valence-electron chi connectivity index (χ3n) is 9.45. The van der Waals surface area contributed by atoms with Gasteiger partial charge in [0.25, 0.3) is 0 Å². The molecule has 7 atom stereocenters. The van der Waals surface area contributed by atoms with Crippen LogP contribution in [0.15, 0.2) is 30.3 Å². The van der Waals surface area contributed by atoms with E-state index in [-0.39, 0.29) is 36.2 Å². The van der Waals surface area contributed by atoms with Gasteiger partial charge >= 0.3 is 6.09 Å². The van der Waals surface area contributed by atoms with Gasteiger partial charge in [-0.05, 0) is 70.3 Å². The molecule has 1 saturated carbocycles. The van der Waals surface area contributed by atoms with Gasteiger partial charge in [-0.25, -0.2) is 13.2 Å². The summed E-state index contributed by atoms with van der Waals surface area (Å²) in [5.41, 5.74) is 0.582. The zero-order valence-corrected chi connectivity index (χ0v) is 27.3. The number of piperidine rings is 1. The smallest absolute Gasteiger partial charge is 0.407 e. The molecule has 1 aromatic carbocycles. The van der Waals surface area contributed by atoms with Crippen molar-refractivity contribution in [3.63, 3.8) is 0 Å². The van der Waals surface area contributed by atoms with Crippen molar-refractivity contribution in [1.29, 1.82) is 0 Å². The minimum Gasteiger partial charge on any atom is -0.445 e. The van der Waals surface area contributed by atoms with Gasteiger partial charge in [0.15, 0.2) is 9.84 Å². The maximum absolute atomic E-state index is 13.5. The summed E-state index contributed by atoms with van der Waals surface area (Å²) in [5.74, 6) is 1.00. The normalized spacial score (nSPS) is 28.8. The number of aliphatic hydroxyl groups is 1. The molecule has 2 amide bonds. The molecule has 0 aromatic heterocycles. The molecule has 4 rings (SSSR count). The molecule has 3 fully saturated rings. The SMILES string of the molecule is CCCC[C@@H]1[C@H](OC(=O)N[C@@H](Cc2ccccc2)[C@H](O)CN2C[C@H]3CCCC[C@H]3C[C@H]2C(=O)NC(C)(C)C)CCS1(=O)=O. The molecular formula is C33H53N3O6S. The van der Waals surface area contributed by atoms with Crippen LogP contribution in [0, 0.1) is 11.8 Å². The third kappa shape index (κ3) is 9.41. The molecule has 1 aliphatic carbocycles. The molecule has 0 unspecified atom stereocenters. The summed E-state index contributed by atoms with van der Waals surface area (Å²) in [4.78, 5) is 28.8. The average molecular weight is 620 g/mol. The number of hydrogen-bond donors (Lipinski definition) is 3. The predicted octanol–water partition coefficient (Wildman–Crippen LogP) is 4.23. The highest BCUT2D eigenvalue weighted by Crippen LogP contribution is 2.39. The first-order chi connectivity index (χ1) is 20.4. The van der Waals surface area contributed by atoms with Gasteiger partial charge in [-0.2, -0.15) is 0 Å². The molecule has 2 saturated heterocycles. The van der Waals surface area contributed by atoms with Crippen LogP contribution in [0.2, 0.25) is 0 Å². The van der Waals surface area contributed by atoms with Crippen LogP contribution < -0.4 is 10.6 Å². The first-order valence-electron chi connectivity index (χ1n) is 16.3. The van der Waals surface area contributed by atoms with Gasteiger partial charge in [0, 0.05) is 18.6 Å². The molecule has 10 heteroatoms. The van der Waals surface area contributed by atoms with Crippen molar-refractivity contribution in [2.24, 2.45) is 11.8 Å². The number of nitrogens with one attached hydrogen (secondary N) is 2. The lowest BCUT2D eigenvalue weighted by atomic mass is 9.72. The van der Waals surface area contributed by atoms with Crippen molar-refractivity contribution in [2.45, 2.75) is 127 Å². The standard InChI is InChI=1S/C33H53N3O6S/c1-5-6-16-30-29(17-18-43(30,40)41)42-32(39)34-26(19-23-12-8-7-9-13-23)28(37)22-36-21-25-15-11-10-14-24(25)20-27(36)31(38)35-33(2,3)4/h7-9,12-13,24-30,37H,5-6,10-11,14-22H2,1-4H3,(H,34,39)(H,35,38)/t24-,25+,26-,27-,28+,29+,30+/m0/s1. The number of ether oxygens (including phenoxy) is 1. The van der Waals surface area contributed by atoms with Crippen LogP contribution in [0.4, 0.5) is 4.79 Å². The van der Waals surface area contributed by atoms with E-state index < -0.39 is 39.4 Å². The number of likely N-dealkylation sites (tertiary alicyclic amines) is 1. The molecule has 242 valence electrons. The Labute approximate surface area is 258 Å². The number of β-amino-alcohol motifs (C(OH)–C–C–N with tert-alkyl or cyclic N) is 1. The summed E-state index contributed by atoms with van der Waals surface area (Å²) in [6, 6.07) is 8.62. The van der Waals surface area contributed by atoms with Crippen LogP contribution in [0.25, 0.3) is 0 Å². The Hall–Kier alpha value is -2.17. The lowest BCUT2D eigenvalue weighted by Gasteiger charge is -2.47. The maximum Gasteiger partial charge on any atom is 0.407 e. The van der Waals surface area contributed by atoms with Crippen molar-refractivity contribution in [3.8, 4) is 0 Å². The Bertz CT molecular complexity index is 1170. The molecule has 2 heterocycles. The second kappa shape index (κ2) is 14.7. The second-order valence-electron chi connectivity index (χ2n) is 14.0. The van der Waals surface area contributed by atoms with Gasteiger partial charge in [-0.15, -0.1) is 0 Å². The predicted molar refractivity (Wildman–Crippen MR) is 168 cm³/mol. The summed E-state index contributed by atoms with van der Waals surface area (Å²) >= 11 is 0. The molecule has 9 nitrogen and oxygen atoms in total. The zero-order valence-electron chi connectivity index (χ0n) is 26.5. The van der Waals surface area contributed by atoms with E-state index >= 15 is 0 Å². The number of aliphatic hydroxyl groups excluding tert-OH is 1. The van der Waals surface area contributed by atoms with Crippen LogP contribution in [-0.2, 0) is 25.8 Å². The number of benzene rings is 1. The van der Waals surface area contributed by atoms with Crippen molar-refractivity contribution in [3.05, 3.63) is 35.9 Å². The molecule has 0 radical (unpaired) electrons. The van der Waals surface area contributed by atoms with Crippen LogP contribution in [0.3, 0.4) is 0 Å². The fourth-order valence-corrected chi connectivity index (χ4v) is 9.27. The summed E-state index contributed by atoms with van der Waals surface area (Å²) in [6.45, 7) is 8.91. The Morgan fingerprint density at radius 2 is 1.79 bits per heavy atom. The number of unbranched alkanes of at least 4 members (excludes halogenated alkanes) is 1. The molecule has 0 bridgehead atoms. The Kier molecular flexibility index (Phi) is 11.6. The third-order valence-corrected chi connectivity index (χ3v) is 11.7. The number of hydrogen-bond acceptors (Lipinski definition) is 7. The second-order valence-corrected chi connectivity index (χ2v) is 16.4. The first kappa shape index (κ1) is 33.7. The number of fused-ring (bicyclic) bond motifs is 1. The number of alkyl carbamates (subject to hydrolysis) is 1. The number of rotatable bonds is 11. The molecule has 0 spiro atoms. The highest BCUT2D eigenvalue weighted by molar-refractivity contribution is 7.92. The highest BCUT2D eigenvalue weighted by Gasteiger charge is 2.44. The van der Waals surface area contributed by atoms with Crippen LogP contribution in [-0.4, -0.2) is 84.3 Å². The van der Waals surface area contributed by atoms with Crippen molar-refractivity contribution >= 4 is 21.8 Å². The quantitative estimate of drug-likeness (QED) is 0.339.